The van der Waals surface area contributed by atoms with Gasteiger partial charge < -0.3 is 19.4 Å². The second-order valence-electron chi connectivity index (χ2n) is 8.15. The van der Waals surface area contributed by atoms with Gasteiger partial charge in [0.25, 0.3) is 6.43 Å². The van der Waals surface area contributed by atoms with E-state index in [0.717, 1.165) is 0 Å². The summed E-state index contributed by atoms with van der Waals surface area (Å²) in [5.74, 6) is 0.602. The molecular weight excluding hydrogens is 446 g/mol. The summed E-state index contributed by atoms with van der Waals surface area (Å²) in [7, 11) is 0. The minimum Gasteiger partial charge on any atom is -0.378 e. The summed E-state index contributed by atoms with van der Waals surface area (Å²) in [6, 6.07) is 6.93. The van der Waals surface area contributed by atoms with Crippen molar-refractivity contribution in [3.8, 4) is 5.95 Å². The summed E-state index contributed by atoms with van der Waals surface area (Å²) in [6.07, 6.45) is -2.34. The van der Waals surface area contributed by atoms with Gasteiger partial charge in [0.15, 0.2) is 5.82 Å². The van der Waals surface area contributed by atoms with Crippen molar-refractivity contribution in [3.05, 3.63) is 30.1 Å². The average Bonchev–Trinajstić information content (AvgIpc) is 3.29. The first-order chi connectivity index (χ1) is 16.5. The number of carbonyl (C=O) groups excluding carboxylic acids is 1. The van der Waals surface area contributed by atoms with Gasteiger partial charge in [-0.15, -0.1) is 0 Å². The number of hydrogen-bond donors (Lipinski definition) is 0. The molecule has 1 amide bonds. The van der Waals surface area contributed by atoms with Crippen LogP contribution in [0.5, 0.6) is 0 Å². The van der Waals surface area contributed by atoms with Gasteiger partial charge in [0.2, 0.25) is 23.8 Å². The van der Waals surface area contributed by atoms with Gasteiger partial charge in [-0.05, 0) is 12.1 Å². The minimum atomic E-state index is -2.80. The molecule has 1 aromatic carbocycles. The normalized spacial score (nSPS) is 17.1. The van der Waals surface area contributed by atoms with Crippen molar-refractivity contribution >= 4 is 28.8 Å². The van der Waals surface area contributed by atoms with E-state index in [9.17, 15) is 13.6 Å². The van der Waals surface area contributed by atoms with Crippen LogP contribution in [-0.4, -0.2) is 87.8 Å². The monoisotopic (exact) mass is 472 g/mol. The van der Waals surface area contributed by atoms with Gasteiger partial charge in [-0.2, -0.15) is 15.0 Å². The second-order valence-corrected chi connectivity index (χ2v) is 8.15. The molecule has 5 rings (SSSR count). The lowest BCUT2D eigenvalue weighted by molar-refractivity contribution is -0.131. The number of rotatable bonds is 5. The zero-order valence-electron chi connectivity index (χ0n) is 18.9. The first-order valence-electron chi connectivity index (χ1n) is 11.4. The Morgan fingerprint density at radius 2 is 1.53 bits per heavy atom. The van der Waals surface area contributed by atoms with Crippen molar-refractivity contribution in [2.75, 3.05) is 62.3 Å². The number of anilines is 2. The number of hydrogen-bond acceptors (Lipinski definition) is 8. The quantitative estimate of drug-likeness (QED) is 0.557. The van der Waals surface area contributed by atoms with E-state index in [4.69, 9.17) is 4.74 Å². The molecule has 3 aromatic rings. The third-order valence-corrected chi connectivity index (χ3v) is 6.09. The molecule has 0 N–H and O–H groups in total. The Balaban J connectivity index is 1.58. The number of nitrogens with zero attached hydrogens (tertiary/aromatic N) is 8. The number of morpholine rings is 1. The number of fused-ring (bicyclic) bond motifs is 1. The third-order valence-electron chi connectivity index (χ3n) is 6.09. The first-order valence-corrected chi connectivity index (χ1v) is 11.4. The van der Waals surface area contributed by atoms with Gasteiger partial charge in [-0.1, -0.05) is 19.1 Å². The molecule has 0 saturated carbocycles. The molecule has 2 aliphatic rings. The predicted molar refractivity (Wildman–Crippen MR) is 122 cm³/mol. The van der Waals surface area contributed by atoms with Gasteiger partial charge in [-0.25, -0.2) is 13.8 Å². The fraction of sp³-hybridized carbons (Fsp3) is 0.500. The Hall–Kier alpha value is -3.41. The number of alkyl halides is 2. The Kier molecular flexibility index (Phi) is 6.22. The SMILES string of the molecule is CCC(=O)N1CCN(c2nc(N3CCOCC3)nc(-n3c(C(F)F)nc4ccccc43)n2)CC1. The third kappa shape index (κ3) is 4.25. The summed E-state index contributed by atoms with van der Waals surface area (Å²) < 4.78 is 34.7. The minimum absolute atomic E-state index is 0.0996. The van der Waals surface area contributed by atoms with Gasteiger partial charge >= 0.3 is 0 Å². The summed E-state index contributed by atoms with van der Waals surface area (Å²) in [4.78, 5) is 35.8. The van der Waals surface area contributed by atoms with Crippen LogP contribution in [0.15, 0.2) is 24.3 Å². The van der Waals surface area contributed by atoms with Crippen LogP contribution in [0, 0.1) is 0 Å². The number of ether oxygens (including phenoxy) is 1. The number of piperazine rings is 1. The highest BCUT2D eigenvalue weighted by Crippen LogP contribution is 2.28. The van der Waals surface area contributed by atoms with E-state index >= 15 is 0 Å². The number of para-hydroxylation sites is 2. The first kappa shape index (κ1) is 22.4. The van der Waals surface area contributed by atoms with E-state index in [-0.39, 0.29) is 11.9 Å². The molecule has 2 fully saturated rings. The molecule has 0 spiro atoms. The second kappa shape index (κ2) is 9.45. The van der Waals surface area contributed by atoms with Crippen molar-refractivity contribution in [1.29, 1.82) is 0 Å². The number of halogens is 2. The van der Waals surface area contributed by atoms with Crippen molar-refractivity contribution in [2.45, 2.75) is 19.8 Å². The molecule has 180 valence electrons. The molecule has 2 aliphatic heterocycles. The molecule has 34 heavy (non-hydrogen) atoms. The maximum atomic E-state index is 14.0. The summed E-state index contributed by atoms with van der Waals surface area (Å²) in [5, 5.41) is 0. The van der Waals surface area contributed by atoms with E-state index in [0.29, 0.717) is 81.8 Å². The Bertz CT molecular complexity index is 1170. The lowest BCUT2D eigenvalue weighted by Crippen LogP contribution is -2.49. The van der Waals surface area contributed by atoms with Crippen LogP contribution in [0.4, 0.5) is 20.7 Å². The van der Waals surface area contributed by atoms with E-state index in [1.165, 1.54) is 4.57 Å². The Morgan fingerprint density at radius 3 is 2.18 bits per heavy atom. The maximum Gasteiger partial charge on any atom is 0.296 e. The number of aromatic nitrogens is 5. The molecule has 0 aliphatic carbocycles. The van der Waals surface area contributed by atoms with Crippen LogP contribution in [0.1, 0.15) is 25.6 Å². The molecule has 10 nitrogen and oxygen atoms in total. The van der Waals surface area contributed by atoms with E-state index in [1.807, 2.05) is 21.6 Å². The summed E-state index contributed by atoms with van der Waals surface area (Å²) in [6.45, 7) is 6.29. The van der Waals surface area contributed by atoms with Gasteiger partial charge in [0.05, 0.1) is 24.2 Å². The summed E-state index contributed by atoms with van der Waals surface area (Å²) >= 11 is 0. The van der Waals surface area contributed by atoms with Crippen molar-refractivity contribution in [3.63, 3.8) is 0 Å². The number of benzene rings is 1. The lowest BCUT2D eigenvalue weighted by atomic mass is 10.3. The van der Waals surface area contributed by atoms with Gasteiger partial charge in [0, 0.05) is 45.7 Å². The zero-order chi connectivity index (χ0) is 23.7. The highest BCUT2D eigenvalue weighted by Gasteiger charge is 2.27. The lowest BCUT2D eigenvalue weighted by Gasteiger charge is -2.35. The van der Waals surface area contributed by atoms with E-state index in [2.05, 4.69) is 19.9 Å². The standard InChI is InChI=1S/C22H26F2N8O2/c1-2-17(33)29-7-9-30(10-8-29)20-26-21(31-11-13-34-14-12-31)28-22(27-20)32-16-6-4-3-5-15(16)25-19(32)18(23)24/h3-6,18H,2,7-14H2,1H3. The van der Waals surface area contributed by atoms with Gasteiger partial charge in [0.1, 0.15) is 0 Å². The average molecular weight is 473 g/mol. The van der Waals surface area contributed by atoms with Crippen molar-refractivity contribution in [2.24, 2.45) is 0 Å². The predicted octanol–water partition coefficient (Wildman–Crippen LogP) is 2.04. The molecule has 0 radical (unpaired) electrons. The van der Waals surface area contributed by atoms with Crippen LogP contribution in [-0.2, 0) is 9.53 Å². The van der Waals surface area contributed by atoms with Crippen LogP contribution >= 0.6 is 0 Å². The fourth-order valence-electron chi connectivity index (χ4n) is 4.27. The largest absolute Gasteiger partial charge is 0.378 e. The van der Waals surface area contributed by atoms with E-state index < -0.39 is 12.2 Å². The Morgan fingerprint density at radius 1 is 0.912 bits per heavy atom. The molecule has 0 unspecified atom stereocenters. The molecule has 2 aromatic heterocycles. The summed E-state index contributed by atoms with van der Waals surface area (Å²) in [5.41, 5.74) is 0.945. The molecule has 4 heterocycles. The van der Waals surface area contributed by atoms with Crippen LogP contribution in [0.2, 0.25) is 0 Å². The number of imidazole rings is 1. The number of amides is 1. The smallest absolute Gasteiger partial charge is 0.296 e. The van der Waals surface area contributed by atoms with Gasteiger partial charge in [-0.3, -0.25) is 9.36 Å². The molecule has 0 atom stereocenters. The number of carbonyl (C=O) groups is 1. The fourth-order valence-corrected chi connectivity index (χ4v) is 4.27. The van der Waals surface area contributed by atoms with E-state index in [1.54, 1.807) is 24.3 Å². The Labute approximate surface area is 195 Å². The maximum absolute atomic E-state index is 14.0. The van der Waals surface area contributed by atoms with Crippen molar-refractivity contribution in [1.82, 2.24) is 29.4 Å². The highest BCUT2D eigenvalue weighted by atomic mass is 19.3. The molecule has 0 bridgehead atoms. The topological polar surface area (TPSA) is 92.5 Å². The molecular formula is C22H26F2N8O2. The zero-order valence-corrected chi connectivity index (χ0v) is 18.9. The molecule has 2 saturated heterocycles. The van der Waals surface area contributed by atoms with Crippen LogP contribution < -0.4 is 9.80 Å². The van der Waals surface area contributed by atoms with Crippen LogP contribution in [0.3, 0.4) is 0 Å². The van der Waals surface area contributed by atoms with Crippen molar-refractivity contribution < 1.29 is 18.3 Å². The molecule has 12 heteroatoms. The highest BCUT2D eigenvalue weighted by molar-refractivity contribution is 5.78. The van der Waals surface area contributed by atoms with Crippen LogP contribution in [0.25, 0.3) is 17.0 Å².